The third kappa shape index (κ3) is 2.25. The second-order valence-corrected chi connectivity index (χ2v) is 10.3. The molecule has 1 unspecified atom stereocenters. The van der Waals surface area contributed by atoms with Gasteiger partial charge in [-0.15, -0.1) is 0 Å². The number of hydrogen-bond acceptors (Lipinski definition) is 2. The summed E-state index contributed by atoms with van der Waals surface area (Å²) in [6.07, 6.45) is 11.8. The van der Waals surface area contributed by atoms with E-state index in [1.54, 1.807) is 0 Å². The highest BCUT2D eigenvalue weighted by molar-refractivity contribution is 14.1. The minimum absolute atomic E-state index is 0.0452. The van der Waals surface area contributed by atoms with E-state index in [1.807, 2.05) is 4.08 Å². The Bertz CT molecular complexity index is 572. The maximum absolute atomic E-state index is 12.0. The van der Waals surface area contributed by atoms with Gasteiger partial charge in [0, 0.05) is 18.3 Å². The van der Waals surface area contributed by atoms with E-state index in [1.165, 1.54) is 25.7 Å². The Morgan fingerprint density at radius 2 is 1.83 bits per heavy atom. The van der Waals surface area contributed by atoms with Crippen LogP contribution in [0.5, 0.6) is 0 Å². The summed E-state index contributed by atoms with van der Waals surface area (Å²) < 4.78 is 2.02. The SMILES string of the molecule is C[C@]12CCC(=O)CC1CC[C@@H]1[C@@H]2CC[C@@]2(C)[C@H]1CC[C@]2(O)/C=C/I. The molecule has 4 saturated carbocycles. The first-order valence-electron chi connectivity index (χ1n) is 9.86. The second kappa shape index (κ2) is 5.80. The largest absolute Gasteiger partial charge is 0.385 e. The molecule has 4 aliphatic carbocycles. The molecule has 0 spiro atoms. The van der Waals surface area contributed by atoms with Crippen LogP contribution in [0.3, 0.4) is 0 Å². The van der Waals surface area contributed by atoms with Crippen molar-refractivity contribution < 1.29 is 9.90 Å². The minimum Gasteiger partial charge on any atom is -0.385 e. The zero-order chi connectivity index (χ0) is 17.2. The third-order valence-electron chi connectivity index (χ3n) is 9.04. The highest BCUT2D eigenvalue weighted by Gasteiger charge is 2.63. The van der Waals surface area contributed by atoms with E-state index in [2.05, 4.69) is 42.5 Å². The molecule has 4 rings (SSSR count). The fourth-order valence-corrected chi connectivity index (χ4v) is 8.07. The van der Waals surface area contributed by atoms with E-state index < -0.39 is 5.60 Å². The summed E-state index contributed by atoms with van der Waals surface area (Å²) in [5, 5.41) is 11.3. The molecule has 0 bridgehead atoms. The molecule has 0 aromatic carbocycles. The minimum atomic E-state index is -0.607. The van der Waals surface area contributed by atoms with Crippen LogP contribution in [0.15, 0.2) is 10.2 Å². The van der Waals surface area contributed by atoms with Crippen molar-refractivity contribution in [2.45, 2.75) is 77.2 Å². The van der Waals surface area contributed by atoms with Crippen molar-refractivity contribution in [3.8, 4) is 0 Å². The number of carbonyl (C=O) groups excluding carboxylic acids is 1. The van der Waals surface area contributed by atoms with Gasteiger partial charge in [0.2, 0.25) is 0 Å². The Hall–Kier alpha value is 0.100. The first kappa shape index (κ1) is 17.5. The van der Waals surface area contributed by atoms with Gasteiger partial charge >= 0.3 is 0 Å². The quantitative estimate of drug-likeness (QED) is 0.562. The molecule has 3 heteroatoms. The first-order chi connectivity index (χ1) is 11.3. The average molecular weight is 442 g/mol. The molecule has 4 fully saturated rings. The van der Waals surface area contributed by atoms with Crippen LogP contribution in [0.1, 0.15) is 71.6 Å². The smallest absolute Gasteiger partial charge is 0.133 e. The summed E-state index contributed by atoms with van der Waals surface area (Å²) >= 11 is 2.25. The lowest BCUT2D eigenvalue weighted by Gasteiger charge is -2.60. The fraction of sp³-hybridized carbons (Fsp3) is 0.857. The molecule has 0 radical (unpaired) electrons. The van der Waals surface area contributed by atoms with Crippen LogP contribution in [-0.4, -0.2) is 16.5 Å². The number of fused-ring (bicyclic) bond motifs is 5. The number of aliphatic hydroxyl groups is 1. The monoisotopic (exact) mass is 442 g/mol. The standard InChI is InChI=1S/C21H31IO2/c1-19-8-5-15(23)13-14(19)3-4-16-17(19)6-9-20(2)18(16)7-10-21(20,24)11-12-22/h11-12,14,16-18,24H,3-10,13H2,1-2H3/b12-11+/t14?,16-,17+,18+,19+,20+,21+/m1/s1. The topological polar surface area (TPSA) is 37.3 Å². The van der Waals surface area contributed by atoms with E-state index in [4.69, 9.17) is 0 Å². The lowest BCUT2D eigenvalue weighted by molar-refractivity contribution is -0.148. The molecular formula is C21H31IO2. The van der Waals surface area contributed by atoms with Crippen LogP contribution >= 0.6 is 22.6 Å². The van der Waals surface area contributed by atoms with E-state index in [0.717, 1.165) is 43.9 Å². The average Bonchev–Trinajstić information content (AvgIpc) is 2.80. The van der Waals surface area contributed by atoms with E-state index >= 15 is 0 Å². The normalized spacial score (nSPS) is 54.4. The van der Waals surface area contributed by atoms with Gasteiger partial charge in [-0.25, -0.2) is 0 Å². The van der Waals surface area contributed by atoms with Gasteiger partial charge in [-0.2, -0.15) is 0 Å². The Morgan fingerprint density at radius 3 is 2.58 bits per heavy atom. The molecular weight excluding hydrogens is 411 g/mol. The maximum Gasteiger partial charge on any atom is 0.133 e. The highest BCUT2D eigenvalue weighted by atomic mass is 127. The Morgan fingerprint density at radius 1 is 1.08 bits per heavy atom. The number of carbonyl (C=O) groups is 1. The van der Waals surface area contributed by atoms with Gasteiger partial charge < -0.3 is 5.11 Å². The molecule has 0 saturated heterocycles. The fourth-order valence-electron chi connectivity index (χ4n) is 7.47. The molecule has 0 aromatic rings. The molecule has 4 aliphatic rings. The van der Waals surface area contributed by atoms with E-state index in [0.29, 0.717) is 23.0 Å². The lowest BCUT2D eigenvalue weighted by atomic mass is 9.44. The van der Waals surface area contributed by atoms with Gasteiger partial charge in [0.05, 0.1) is 5.60 Å². The summed E-state index contributed by atoms with van der Waals surface area (Å²) in [4.78, 5) is 12.0. The summed E-state index contributed by atoms with van der Waals surface area (Å²) in [5.41, 5.74) is -0.189. The van der Waals surface area contributed by atoms with Crippen molar-refractivity contribution in [1.29, 1.82) is 0 Å². The number of rotatable bonds is 1. The predicted molar refractivity (Wildman–Crippen MR) is 105 cm³/mol. The van der Waals surface area contributed by atoms with Crippen molar-refractivity contribution in [3.63, 3.8) is 0 Å². The maximum atomic E-state index is 12.0. The molecule has 7 atom stereocenters. The molecule has 24 heavy (non-hydrogen) atoms. The summed E-state index contributed by atoms with van der Waals surface area (Å²) in [7, 11) is 0. The molecule has 2 nitrogen and oxygen atoms in total. The number of hydrogen-bond donors (Lipinski definition) is 1. The molecule has 1 N–H and O–H groups in total. The lowest BCUT2D eigenvalue weighted by Crippen LogP contribution is -2.56. The summed E-state index contributed by atoms with van der Waals surface area (Å²) in [6.45, 7) is 4.85. The van der Waals surface area contributed by atoms with Gasteiger partial charge in [0.1, 0.15) is 5.78 Å². The van der Waals surface area contributed by atoms with Crippen molar-refractivity contribution in [1.82, 2.24) is 0 Å². The van der Waals surface area contributed by atoms with Crippen LogP contribution in [-0.2, 0) is 4.79 Å². The Kier molecular flexibility index (Phi) is 4.23. The van der Waals surface area contributed by atoms with Crippen LogP contribution in [0.4, 0.5) is 0 Å². The van der Waals surface area contributed by atoms with Crippen LogP contribution < -0.4 is 0 Å². The first-order valence-corrected chi connectivity index (χ1v) is 11.1. The Balaban J connectivity index is 1.64. The van der Waals surface area contributed by atoms with Crippen molar-refractivity contribution in [2.75, 3.05) is 0 Å². The highest BCUT2D eigenvalue weighted by Crippen LogP contribution is 2.68. The van der Waals surface area contributed by atoms with Gasteiger partial charge in [-0.05, 0) is 84.2 Å². The van der Waals surface area contributed by atoms with Gasteiger partial charge in [-0.1, -0.05) is 36.4 Å². The summed E-state index contributed by atoms with van der Waals surface area (Å²) in [6, 6.07) is 0. The molecule has 134 valence electrons. The second-order valence-electron chi connectivity index (χ2n) is 9.61. The zero-order valence-corrected chi connectivity index (χ0v) is 17.2. The van der Waals surface area contributed by atoms with Crippen LogP contribution in [0.25, 0.3) is 0 Å². The molecule has 0 amide bonds. The van der Waals surface area contributed by atoms with Crippen molar-refractivity contribution >= 4 is 28.4 Å². The predicted octanol–water partition coefficient (Wildman–Crippen LogP) is 5.28. The number of halogens is 1. The van der Waals surface area contributed by atoms with Gasteiger partial charge in [-0.3, -0.25) is 4.79 Å². The van der Waals surface area contributed by atoms with Gasteiger partial charge in [0.25, 0.3) is 0 Å². The van der Waals surface area contributed by atoms with E-state index in [9.17, 15) is 9.90 Å². The molecule has 0 heterocycles. The number of ketones is 1. The number of Topliss-reactive ketones (excluding diaryl/α,β-unsaturated/α-hetero) is 1. The van der Waals surface area contributed by atoms with Crippen molar-refractivity contribution in [3.05, 3.63) is 10.2 Å². The van der Waals surface area contributed by atoms with Gasteiger partial charge in [0.15, 0.2) is 0 Å². The summed E-state index contributed by atoms with van der Waals surface area (Å²) in [5.74, 6) is 3.31. The van der Waals surface area contributed by atoms with Crippen LogP contribution in [0.2, 0.25) is 0 Å². The third-order valence-corrected chi connectivity index (χ3v) is 9.40. The molecule has 0 aliphatic heterocycles. The Labute approximate surface area is 160 Å². The van der Waals surface area contributed by atoms with Crippen LogP contribution in [0, 0.1) is 34.5 Å². The molecule has 0 aromatic heterocycles. The van der Waals surface area contributed by atoms with Crippen molar-refractivity contribution in [2.24, 2.45) is 34.5 Å². The van der Waals surface area contributed by atoms with E-state index in [-0.39, 0.29) is 5.41 Å². The zero-order valence-electron chi connectivity index (χ0n) is 15.1.